The fourth-order valence-electron chi connectivity index (χ4n) is 2.81. The van der Waals surface area contributed by atoms with Crippen LogP contribution < -0.4 is 0 Å². The van der Waals surface area contributed by atoms with Crippen LogP contribution in [0.25, 0.3) is 6.08 Å². The molecule has 0 aromatic heterocycles. The normalized spacial score (nSPS) is 14.6. The fraction of sp³-hybridized carbons (Fsp3) is 0.200. The Labute approximate surface area is 164 Å². The van der Waals surface area contributed by atoms with E-state index in [0.29, 0.717) is 32.2 Å². The maximum Gasteiger partial charge on any atom is 0.256 e. The molecular weight excluding hydrogens is 418 g/mol. The number of hydrogen-bond donors (Lipinski definition) is 0. The number of benzene rings is 2. The lowest BCUT2D eigenvalue weighted by Gasteiger charge is -2.34. The van der Waals surface area contributed by atoms with Crippen molar-refractivity contribution in [3.63, 3.8) is 0 Å². The molecule has 140 valence electrons. The minimum absolute atomic E-state index is 0.141. The third kappa shape index (κ3) is 4.80. The van der Waals surface area contributed by atoms with Crippen molar-refractivity contribution in [3.05, 3.63) is 75.8 Å². The predicted molar refractivity (Wildman–Crippen MR) is 102 cm³/mol. The van der Waals surface area contributed by atoms with E-state index in [-0.39, 0.29) is 11.5 Å². The summed E-state index contributed by atoms with van der Waals surface area (Å²) in [5, 5.41) is 0. The molecule has 1 saturated heterocycles. The van der Waals surface area contributed by atoms with Gasteiger partial charge in [-0.2, -0.15) is 0 Å². The van der Waals surface area contributed by atoms with Gasteiger partial charge < -0.3 is 9.80 Å². The van der Waals surface area contributed by atoms with Crippen LogP contribution in [0.5, 0.6) is 0 Å². The Hall–Kier alpha value is -2.54. The van der Waals surface area contributed by atoms with Crippen molar-refractivity contribution in [2.24, 2.45) is 0 Å². The van der Waals surface area contributed by atoms with E-state index < -0.39 is 17.5 Å². The molecule has 4 nitrogen and oxygen atoms in total. The van der Waals surface area contributed by atoms with Gasteiger partial charge in [0.1, 0.15) is 11.6 Å². The van der Waals surface area contributed by atoms with E-state index in [1.54, 1.807) is 11.0 Å². The number of halogens is 3. The first-order valence-electron chi connectivity index (χ1n) is 8.41. The molecule has 7 heteroatoms. The van der Waals surface area contributed by atoms with E-state index in [2.05, 4.69) is 15.9 Å². The van der Waals surface area contributed by atoms with Gasteiger partial charge in [-0.1, -0.05) is 28.1 Å². The van der Waals surface area contributed by atoms with Crippen molar-refractivity contribution in [1.82, 2.24) is 9.80 Å². The standard InChI is InChI=1S/C20H17BrF2N2O2/c21-15-4-1-14(2-5-15)3-8-19(26)24-9-11-25(12-10-24)20(27)17-7-6-16(22)13-18(17)23/h1-8,13H,9-12H2/b8-3+. The second-order valence-electron chi connectivity index (χ2n) is 6.13. The summed E-state index contributed by atoms with van der Waals surface area (Å²) in [5.41, 5.74) is 0.749. The average Bonchev–Trinajstić information content (AvgIpc) is 2.67. The molecule has 1 aliphatic rings. The third-order valence-electron chi connectivity index (χ3n) is 4.33. The number of carbonyl (C=O) groups is 2. The maximum atomic E-state index is 13.8. The van der Waals surface area contributed by atoms with Crippen molar-refractivity contribution >= 4 is 33.8 Å². The summed E-state index contributed by atoms with van der Waals surface area (Å²) in [6.07, 6.45) is 3.24. The van der Waals surface area contributed by atoms with Crippen LogP contribution in [0, 0.1) is 11.6 Å². The Morgan fingerprint density at radius 2 is 1.56 bits per heavy atom. The first-order valence-corrected chi connectivity index (χ1v) is 9.20. The Kier molecular flexibility index (Phi) is 6.01. The zero-order valence-corrected chi connectivity index (χ0v) is 16.0. The van der Waals surface area contributed by atoms with Gasteiger partial charge in [-0.25, -0.2) is 8.78 Å². The van der Waals surface area contributed by atoms with Crippen molar-refractivity contribution in [2.45, 2.75) is 0 Å². The smallest absolute Gasteiger partial charge is 0.256 e. The molecule has 1 fully saturated rings. The minimum atomic E-state index is -0.879. The molecule has 0 spiro atoms. The molecule has 0 unspecified atom stereocenters. The van der Waals surface area contributed by atoms with E-state index in [4.69, 9.17) is 0 Å². The molecule has 0 aliphatic carbocycles. The number of amides is 2. The molecule has 1 aliphatic heterocycles. The monoisotopic (exact) mass is 434 g/mol. The fourth-order valence-corrected chi connectivity index (χ4v) is 3.07. The van der Waals surface area contributed by atoms with Gasteiger partial charge in [-0.15, -0.1) is 0 Å². The Balaban J connectivity index is 1.57. The quantitative estimate of drug-likeness (QED) is 0.690. The van der Waals surface area contributed by atoms with E-state index in [9.17, 15) is 18.4 Å². The van der Waals surface area contributed by atoms with E-state index >= 15 is 0 Å². The zero-order chi connectivity index (χ0) is 19.4. The Bertz CT molecular complexity index is 876. The van der Waals surface area contributed by atoms with Crippen molar-refractivity contribution < 1.29 is 18.4 Å². The SMILES string of the molecule is O=C(/C=C/c1ccc(Br)cc1)N1CCN(C(=O)c2ccc(F)cc2F)CC1. The molecule has 0 saturated carbocycles. The highest BCUT2D eigenvalue weighted by molar-refractivity contribution is 9.10. The molecule has 0 bridgehead atoms. The van der Waals surface area contributed by atoms with Crippen LogP contribution >= 0.6 is 15.9 Å². The molecule has 0 atom stereocenters. The largest absolute Gasteiger partial charge is 0.336 e. The Morgan fingerprint density at radius 3 is 2.19 bits per heavy atom. The van der Waals surface area contributed by atoms with Crippen LogP contribution in [0.1, 0.15) is 15.9 Å². The topological polar surface area (TPSA) is 40.6 Å². The zero-order valence-electron chi connectivity index (χ0n) is 14.4. The molecule has 27 heavy (non-hydrogen) atoms. The molecule has 0 radical (unpaired) electrons. The third-order valence-corrected chi connectivity index (χ3v) is 4.86. The van der Waals surface area contributed by atoms with E-state index in [1.807, 2.05) is 24.3 Å². The number of hydrogen-bond acceptors (Lipinski definition) is 2. The maximum absolute atomic E-state index is 13.8. The molecular formula is C20H17BrF2N2O2. The van der Waals surface area contributed by atoms with Crippen LogP contribution in [-0.4, -0.2) is 47.8 Å². The van der Waals surface area contributed by atoms with Gasteiger partial charge in [0.25, 0.3) is 5.91 Å². The van der Waals surface area contributed by atoms with Gasteiger partial charge in [0.2, 0.25) is 5.91 Å². The highest BCUT2D eigenvalue weighted by Gasteiger charge is 2.25. The predicted octanol–water partition coefficient (Wildman–Crippen LogP) is 3.73. The average molecular weight is 435 g/mol. The highest BCUT2D eigenvalue weighted by Crippen LogP contribution is 2.15. The van der Waals surface area contributed by atoms with Crippen LogP contribution in [0.4, 0.5) is 8.78 Å². The van der Waals surface area contributed by atoms with E-state index in [0.717, 1.165) is 22.2 Å². The molecule has 2 aromatic carbocycles. The molecule has 2 amide bonds. The summed E-state index contributed by atoms with van der Waals surface area (Å²) in [4.78, 5) is 27.8. The van der Waals surface area contributed by atoms with Gasteiger partial charge in [0.05, 0.1) is 5.56 Å². The summed E-state index contributed by atoms with van der Waals surface area (Å²) in [7, 11) is 0. The molecule has 0 N–H and O–H groups in total. The summed E-state index contributed by atoms with van der Waals surface area (Å²) in [6, 6.07) is 10.5. The Morgan fingerprint density at radius 1 is 0.926 bits per heavy atom. The molecule has 1 heterocycles. The molecule has 3 rings (SSSR count). The second-order valence-corrected chi connectivity index (χ2v) is 7.04. The second kappa shape index (κ2) is 8.43. The number of piperazine rings is 1. The summed E-state index contributed by atoms with van der Waals surface area (Å²) in [6.45, 7) is 1.32. The first-order chi connectivity index (χ1) is 12.9. The number of nitrogens with zero attached hydrogens (tertiary/aromatic N) is 2. The van der Waals surface area contributed by atoms with Crippen molar-refractivity contribution in [1.29, 1.82) is 0 Å². The van der Waals surface area contributed by atoms with Crippen LogP contribution in [0.3, 0.4) is 0 Å². The van der Waals surface area contributed by atoms with Crippen molar-refractivity contribution in [2.75, 3.05) is 26.2 Å². The number of carbonyl (C=O) groups excluding carboxylic acids is 2. The lowest BCUT2D eigenvalue weighted by atomic mass is 10.1. The summed E-state index contributed by atoms with van der Waals surface area (Å²) in [5.74, 6) is -2.24. The van der Waals surface area contributed by atoms with Gasteiger partial charge in [0.15, 0.2) is 0 Å². The van der Waals surface area contributed by atoms with E-state index in [1.165, 1.54) is 11.0 Å². The summed E-state index contributed by atoms with van der Waals surface area (Å²) >= 11 is 3.36. The van der Waals surface area contributed by atoms with Gasteiger partial charge >= 0.3 is 0 Å². The minimum Gasteiger partial charge on any atom is -0.336 e. The lowest BCUT2D eigenvalue weighted by molar-refractivity contribution is -0.127. The van der Waals surface area contributed by atoms with Crippen LogP contribution in [0.2, 0.25) is 0 Å². The summed E-state index contributed by atoms with van der Waals surface area (Å²) < 4.78 is 27.7. The van der Waals surface area contributed by atoms with Crippen LogP contribution in [0.15, 0.2) is 53.0 Å². The number of rotatable bonds is 3. The van der Waals surface area contributed by atoms with Gasteiger partial charge in [-0.3, -0.25) is 9.59 Å². The van der Waals surface area contributed by atoms with Gasteiger partial charge in [-0.05, 0) is 35.9 Å². The van der Waals surface area contributed by atoms with Crippen molar-refractivity contribution in [3.8, 4) is 0 Å². The lowest BCUT2D eigenvalue weighted by Crippen LogP contribution is -2.50. The van der Waals surface area contributed by atoms with Crippen LogP contribution in [-0.2, 0) is 4.79 Å². The first kappa shape index (κ1) is 19.2. The molecule has 2 aromatic rings. The highest BCUT2D eigenvalue weighted by atomic mass is 79.9. The van der Waals surface area contributed by atoms with Gasteiger partial charge in [0, 0.05) is 42.8 Å².